The van der Waals surface area contributed by atoms with E-state index in [1.165, 1.54) is 0 Å². The molecule has 0 saturated carbocycles. The second-order valence-electron chi connectivity index (χ2n) is 4.03. The molecule has 0 atom stereocenters. The molecular weight excluding hydrogens is 210 g/mol. The average Bonchev–Trinajstić information content (AvgIpc) is 2.30. The normalized spacial score (nSPS) is 10.9. The van der Waals surface area contributed by atoms with Crippen molar-refractivity contribution in [3.05, 3.63) is 53.6 Å². The van der Waals surface area contributed by atoms with Crippen molar-refractivity contribution >= 4 is 17.1 Å². The highest BCUT2D eigenvalue weighted by Crippen LogP contribution is 2.25. The number of hydrogen-bond donors (Lipinski definition) is 1. The van der Waals surface area contributed by atoms with Crippen LogP contribution in [0.3, 0.4) is 0 Å². The van der Waals surface area contributed by atoms with Gasteiger partial charge in [0.15, 0.2) is 0 Å². The summed E-state index contributed by atoms with van der Waals surface area (Å²) in [6, 6.07) is 13.5. The second-order valence-corrected chi connectivity index (χ2v) is 4.03. The molecule has 17 heavy (non-hydrogen) atoms. The van der Waals surface area contributed by atoms with Gasteiger partial charge >= 0.3 is 0 Å². The number of anilines is 1. The van der Waals surface area contributed by atoms with Crippen molar-refractivity contribution < 1.29 is 0 Å². The van der Waals surface area contributed by atoms with Gasteiger partial charge in [0.2, 0.25) is 0 Å². The number of aryl methyl sites for hydroxylation is 2. The maximum atomic E-state index is 5.69. The largest absolute Gasteiger partial charge is 0.399 e. The zero-order valence-electron chi connectivity index (χ0n) is 10.0. The van der Waals surface area contributed by atoms with Crippen molar-refractivity contribution in [1.82, 2.24) is 0 Å². The van der Waals surface area contributed by atoms with Crippen molar-refractivity contribution in [2.45, 2.75) is 13.8 Å². The Hall–Kier alpha value is -2.16. The highest BCUT2D eigenvalue weighted by atomic mass is 15.1. The standard InChI is InChI=1S/C14H15N3/c1-10-5-3-4-6-13(10)16-17-14-8-7-12(15)9-11(14)2/h3-9H,15H2,1-2H3/b17-16+. The molecule has 0 fully saturated rings. The molecule has 2 aromatic rings. The van der Waals surface area contributed by atoms with Crippen LogP contribution in [0.15, 0.2) is 52.7 Å². The van der Waals surface area contributed by atoms with Crippen molar-refractivity contribution in [1.29, 1.82) is 0 Å². The number of azo groups is 1. The fourth-order valence-corrected chi connectivity index (χ4v) is 1.57. The van der Waals surface area contributed by atoms with Gasteiger partial charge in [0.05, 0.1) is 11.4 Å². The Morgan fingerprint density at radius 1 is 0.824 bits per heavy atom. The zero-order valence-corrected chi connectivity index (χ0v) is 10.0. The van der Waals surface area contributed by atoms with Crippen LogP contribution in [-0.2, 0) is 0 Å². The van der Waals surface area contributed by atoms with E-state index in [2.05, 4.69) is 10.2 Å². The van der Waals surface area contributed by atoms with Crippen LogP contribution in [0.25, 0.3) is 0 Å². The number of nitrogens with zero attached hydrogens (tertiary/aromatic N) is 2. The van der Waals surface area contributed by atoms with E-state index in [4.69, 9.17) is 5.73 Å². The minimum atomic E-state index is 0.748. The SMILES string of the molecule is Cc1ccccc1/N=N/c1ccc(N)cc1C. The monoisotopic (exact) mass is 225 g/mol. The van der Waals surface area contributed by atoms with Gasteiger partial charge in [-0.3, -0.25) is 0 Å². The van der Waals surface area contributed by atoms with Gasteiger partial charge in [0.1, 0.15) is 0 Å². The van der Waals surface area contributed by atoms with Crippen LogP contribution in [0.4, 0.5) is 17.1 Å². The number of rotatable bonds is 2. The number of benzene rings is 2. The lowest BCUT2D eigenvalue weighted by Crippen LogP contribution is -1.84. The van der Waals surface area contributed by atoms with Crippen LogP contribution in [0.1, 0.15) is 11.1 Å². The molecule has 0 aliphatic heterocycles. The van der Waals surface area contributed by atoms with Gasteiger partial charge in [0.25, 0.3) is 0 Å². The summed E-state index contributed by atoms with van der Waals surface area (Å²) in [5.74, 6) is 0. The fourth-order valence-electron chi connectivity index (χ4n) is 1.57. The Kier molecular flexibility index (Phi) is 3.19. The van der Waals surface area contributed by atoms with E-state index in [-0.39, 0.29) is 0 Å². The van der Waals surface area contributed by atoms with E-state index in [0.717, 1.165) is 28.2 Å². The first-order valence-corrected chi connectivity index (χ1v) is 5.50. The summed E-state index contributed by atoms with van der Waals surface area (Å²) >= 11 is 0. The Morgan fingerprint density at radius 3 is 2.12 bits per heavy atom. The molecule has 0 aliphatic carbocycles. The minimum Gasteiger partial charge on any atom is -0.399 e. The lowest BCUT2D eigenvalue weighted by molar-refractivity contribution is 1.19. The van der Waals surface area contributed by atoms with E-state index >= 15 is 0 Å². The molecule has 86 valence electrons. The van der Waals surface area contributed by atoms with Crippen molar-refractivity contribution in [3.63, 3.8) is 0 Å². The van der Waals surface area contributed by atoms with Gasteiger partial charge in [-0.15, -0.1) is 0 Å². The molecule has 0 heterocycles. The molecule has 0 radical (unpaired) electrons. The third kappa shape index (κ3) is 2.69. The van der Waals surface area contributed by atoms with Crippen LogP contribution >= 0.6 is 0 Å². The molecule has 0 aromatic heterocycles. The van der Waals surface area contributed by atoms with Crippen LogP contribution in [0.2, 0.25) is 0 Å². The van der Waals surface area contributed by atoms with E-state index in [1.807, 2.05) is 56.3 Å². The Bertz CT molecular complexity index is 559. The quantitative estimate of drug-likeness (QED) is 0.601. The topological polar surface area (TPSA) is 50.7 Å². The molecule has 3 nitrogen and oxygen atoms in total. The smallest absolute Gasteiger partial charge is 0.0887 e. The van der Waals surface area contributed by atoms with Gasteiger partial charge in [-0.1, -0.05) is 18.2 Å². The lowest BCUT2D eigenvalue weighted by Gasteiger charge is -2.01. The molecule has 0 unspecified atom stereocenters. The van der Waals surface area contributed by atoms with Crippen molar-refractivity contribution in [2.24, 2.45) is 10.2 Å². The van der Waals surface area contributed by atoms with E-state index < -0.39 is 0 Å². The molecule has 0 aliphatic rings. The number of nitrogens with two attached hydrogens (primary N) is 1. The predicted molar refractivity (Wildman–Crippen MR) is 70.9 cm³/mol. The Morgan fingerprint density at radius 2 is 1.47 bits per heavy atom. The maximum Gasteiger partial charge on any atom is 0.0887 e. The third-order valence-corrected chi connectivity index (χ3v) is 2.60. The molecule has 0 saturated heterocycles. The first-order chi connectivity index (χ1) is 8.16. The third-order valence-electron chi connectivity index (χ3n) is 2.60. The van der Waals surface area contributed by atoms with Gasteiger partial charge in [-0.2, -0.15) is 10.2 Å². The number of hydrogen-bond acceptors (Lipinski definition) is 3. The van der Waals surface area contributed by atoms with Crippen LogP contribution in [-0.4, -0.2) is 0 Å². The van der Waals surface area contributed by atoms with Gasteiger partial charge in [0, 0.05) is 5.69 Å². The maximum absolute atomic E-state index is 5.69. The lowest BCUT2D eigenvalue weighted by atomic mass is 10.2. The summed E-state index contributed by atoms with van der Waals surface area (Å²) in [7, 11) is 0. The average molecular weight is 225 g/mol. The summed E-state index contributed by atoms with van der Waals surface area (Å²) in [6.45, 7) is 3.99. The second kappa shape index (κ2) is 4.78. The summed E-state index contributed by atoms with van der Waals surface area (Å²) in [4.78, 5) is 0. The molecule has 0 amide bonds. The highest BCUT2D eigenvalue weighted by molar-refractivity contribution is 5.54. The van der Waals surface area contributed by atoms with Crippen LogP contribution < -0.4 is 5.73 Å². The highest BCUT2D eigenvalue weighted by Gasteiger charge is 1.98. The molecule has 0 spiro atoms. The molecule has 0 bridgehead atoms. The predicted octanol–water partition coefficient (Wildman–Crippen LogP) is 4.30. The summed E-state index contributed by atoms with van der Waals surface area (Å²) in [5, 5.41) is 8.50. The number of nitrogen functional groups attached to an aromatic ring is 1. The zero-order chi connectivity index (χ0) is 12.3. The van der Waals surface area contributed by atoms with Crippen molar-refractivity contribution in [3.8, 4) is 0 Å². The van der Waals surface area contributed by atoms with E-state index in [1.54, 1.807) is 0 Å². The fraction of sp³-hybridized carbons (Fsp3) is 0.143. The summed E-state index contributed by atoms with van der Waals surface area (Å²) in [6.07, 6.45) is 0. The minimum absolute atomic E-state index is 0.748. The van der Waals surface area contributed by atoms with E-state index in [9.17, 15) is 0 Å². The molecule has 2 N–H and O–H groups in total. The summed E-state index contributed by atoms with van der Waals surface area (Å²) in [5.41, 5.74) is 10.3. The van der Waals surface area contributed by atoms with Gasteiger partial charge in [-0.05, 0) is 49.2 Å². The van der Waals surface area contributed by atoms with Crippen LogP contribution in [0, 0.1) is 13.8 Å². The first-order valence-electron chi connectivity index (χ1n) is 5.50. The van der Waals surface area contributed by atoms with E-state index in [0.29, 0.717) is 0 Å². The Balaban J connectivity index is 2.29. The first kappa shape index (κ1) is 11.3. The van der Waals surface area contributed by atoms with Crippen LogP contribution in [0.5, 0.6) is 0 Å². The van der Waals surface area contributed by atoms with Gasteiger partial charge in [-0.25, -0.2) is 0 Å². The van der Waals surface area contributed by atoms with Gasteiger partial charge < -0.3 is 5.73 Å². The molecule has 3 heteroatoms. The summed E-state index contributed by atoms with van der Waals surface area (Å²) < 4.78 is 0. The Labute approximate surface area is 101 Å². The molecular formula is C14H15N3. The molecule has 2 rings (SSSR count). The molecule has 2 aromatic carbocycles. The van der Waals surface area contributed by atoms with Crippen molar-refractivity contribution in [2.75, 3.05) is 5.73 Å².